The summed E-state index contributed by atoms with van der Waals surface area (Å²) in [5, 5.41) is 3.71. The van der Waals surface area contributed by atoms with E-state index in [0.717, 1.165) is 4.47 Å². The SMILES string of the molecule is CC1(Nc2ncc(Cl)cc2Br)CCS(=O)(=O)C1. The predicted molar refractivity (Wildman–Crippen MR) is 72.2 cm³/mol. The Bertz CT molecular complexity index is 549. The average Bonchev–Trinajstić information content (AvgIpc) is 2.46. The first-order chi connectivity index (χ1) is 7.80. The van der Waals surface area contributed by atoms with Gasteiger partial charge < -0.3 is 5.32 Å². The van der Waals surface area contributed by atoms with Gasteiger partial charge in [0.1, 0.15) is 5.82 Å². The molecule has 0 aliphatic carbocycles. The minimum atomic E-state index is -2.93. The van der Waals surface area contributed by atoms with E-state index in [1.807, 2.05) is 6.92 Å². The van der Waals surface area contributed by atoms with Gasteiger partial charge in [-0.25, -0.2) is 13.4 Å². The molecule has 2 rings (SSSR count). The summed E-state index contributed by atoms with van der Waals surface area (Å²) in [4.78, 5) is 4.15. The second kappa shape index (κ2) is 4.40. The quantitative estimate of drug-likeness (QED) is 0.899. The molecule has 1 saturated heterocycles. The molecule has 1 N–H and O–H groups in total. The van der Waals surface area contributed by atoms with Gasteiger partial charge in [0.15, 0.2) is 9.84 Å². The standard InChI is InChI=1S/C10H12BrClN2O2S/c1-10(2-3-17(15,16)6-10)14-9-8(11)4-7(12)5-13-9/h4-5H,2-3,6H2,1H3,(H,13,14). The number of hydrogen-bond acceptors (Lipinski definition) is 4. The van der Waals surface area contributed by atoms with Crippen LogP contribution in [0.3, 0.4) is 0 Å². The molecule has 1 aliphatic rings. The number of aromatic nitrogens is 1. The number of sulfone groups is 1. The maximum absolute atomic E-state index is 11.5. The summed E-state index contributed by atoms with van der Waals surface area (Å²) < 4.78 is 23.7. The van der Waals surface area contributed by atoms with E-state index in [1.165, 1.54) is 6.20 Å². The summed E-state index contributed by atoms with van der Waals surface area (Å²) in [5.74, 6) is 0.979. The zero-order chi connectivity index (χ0) is 12.7. The van der Waals surface area contributed by atoms with Crippen LogP contribution in [0.25, 0.3) is 0 Å². The van der Waals surface area contributed by atoms with Crippen molar-refractivity contribution in [3.8, 4) is 0 Å². The summed E-state index contributed by atoms with van der Waals surface area (Å²) in [6, 6.07) is 1.73. The Morgan fingerprint density at radius 2 is 2.29 bits per heavy atom. The molecule has 1 unspecified atom stereocenters. The molecule has 1 aliphatic heterocycles. The number of anilines is 1. The summed E-state index contributed by atoms with van der Waals surface area (Å²) in [5.41, 5.74) is -0.456. The average molecular weight is 340 g/mol. The number of rotatable bonds is 2. The molecule has 4 nitrogen and oxygen atoms in total. The van der Waals surface area contributed by atoms with Crippen LogP contribution in [-0.4, -0.2) is 30.4 Å². The molecule has 0 bridgehead atoms. The van der Waals surface area contributed by atoms with Gasteiger partial charge >= 0.3 is 0 Å². The van der Waals surface area contributed by atoms with Gasteiger partial charge in [0.2, 0.25) is 0 Å². The summed E-state index contributed by atoms with van der Waals surface area (Å²) in [7, 11) is -2.93. The Labute approximate surface area is 114 Å². The molecule has 0 aromatic carbocycles. The summed E-state index contributed by atoms with van der Waals surface area (Å²) in [6.45, 7) is 1.89. The molecule has 1 fully saturated rings. The topological polar surface area (TPSA) is 59.1 Å². The molecule has 2 heterocycles. The van der Waals surface area contributed by atoms with Gasteiger partial charge in [-0.2, -0.15) is 0 Å². The van der Waals surface area contributed by atoms with E-state index in [1.54, 1.807) is 6.07 Å². The van der Waals surface area contributed by atoms with Gasteiger partial charge in [-0.05, 0) is 35.3 Å². The molecule has 1 atom stereocenters. The first-order valence-electron chi connectivity index (χ1n) is 5.09. The highest BCUT2D eigenvalue weighted by atomic mass is 79.9. The molecule has 0 saturated carbocycles. The van der Waals surface area contributed by atoms with Crippen molar-refractivity contribution in [3.05, 3.63) is 21.8 Å². The highest BCUT2D eigenvalue weighted by Gasteiger charge is 2.38. The van der Waals surface area contributed by atoms with Gasteiger partial charge in [-0.1, -0.05) is 11.6 Å². The van der Waals surface area contributed by atoms with Crippen LogP contribution in [0.1, 0.15) is 13.3 Å². The fraction of sp³-hybridized carbons (Fsp3) is 0.500. The number of nitrogens with one attached hydrogen (secondary N) is 1. The summed E-state index contributed by atoms with van der Waals surface area (Å²) >= 11 is 9.15. The van der Waals surface area contributed by atoms with E-state index in [2.05, 4.69) is 26.2 Å². The Morgan fingerprint density at radius 3 is 2.82 bits per heavy atom. The maximum Gasteiger partial charge on any atom is 0.152 e. The molecule has 0 radical (unpaired) electrons. The molecule has 94 valence electrons. The van der Waals surface area contributed by atoms with Crippen LogP contribution in [0.2, 0.25) is 5.02 Å². The zero-order valence-electron chi connectivity index (χ0n) is 9.20. The molecule has 1 aromatic rings. The van der Waals surface area contributed by atoms with E-state index < -0.39 is 15.4 Å². The molecule has 0 amide bonds. The normalized spacial score (nSPS) is 27.0. The van der Waals surface area contributed by atoms with Crippen LogP contribution in [0, 0.1) is 0 Å². The molecule has 17 heavy (non-hydrogen) atoms. The minimum Gasteiger partial charge on any atom is -0.363 e. The van der Waals surface area contributed by atoms with Crippen LogP contribution < -0.4 is 5.32 Å². The Balaban J connectivity index is 2.22. The Morgan fingerprint density at radius 1 is 1.59 bits per heavy atom. The molecule has 7 heteroatoms. The lowest BCUT2D eigenvalue weighted by Gasteiger charge is -2.25. The largest absolute Gasteiger partial charge is 0.363 e. The smallest absolute Gasteiger partial charge is 0.152 e. The first kappa shape index (κ1) is 13.1. The van der Waals surface area contributed by atoms with Gasteiger partial charge in [0.05, 0.1) is 26.5 Å². The third-order valence-electron chi connectivity index (χ3n) is 2.73. The van der Waals surface area contributed by atoms with E-state index in [9.17, 15) is 8.42 Å². The third-order valence-corrected chi connectivity index (χ3v) is 5.45. The molecular formula is C10H12BrClN2O2S. The fourth-order valence-electron chi connectivity index (χ4n) is 1.90. The number of halogens is 2. The van der Waals surface area contributed by atoms with E-state index in [4.69, 9.17) is 11.6 Å². The number of hydrogen-bond donors (Lipinski definition) is 1. The lowest BCUT2D eigenvalue weighted by Crippen LogP contribution is -2.36. The number of nitrogens with zero attached hydrogens (tertiary/aromatic N) is 1. The zero-order valence-corrected chi connectivity index (χ0v) is 12.4. The first-order valence-corrected chi connectivity index (χ1v) is 8.09. The van der Waals surface area contributed by atoms with E-state index in [0.29, 0.717) is 17.3 Å². The van der Waals surface area contributed by atoms with Gasteiger partial charge in [-0.3, -0.25) is 0 Å². The lowest BCUT2D eigenvalue weighted by molar-refractivity contribution is 0.571. The monoisotopic (exact) mass is 338 g/mol. The minimum absolute atomic E-state index is 0.136. The van der Waals surface area contributed by atoms with Crippen LogP contribution >= 0.6 is 27.5 Å². The van der Waals surface area contributed by atoms with Crippen molar-refractivity contribution in [2.24, 2.45) is 0 Å². The van der Waals surface area contributed by atoms with E-state index >= 15 is 0 Å². The van der Waals surface area contributed by atoms with Crippen molar-refractivity contribution >= 4 is 43.2 Å². The van der Waals surface area contributed by atoms with Crippen LogP contribution in [0.4, 0.5) is 5.82 Å². The fourth-order valence-corrected chi connectivity index (χ4v) is 4.73. The van der Waals surface area contributed by atoms with Gasteiger partial charge in [0, 0.05) is 6.20 Å². The highest BCUT2D eigenvalue weighted by Crippen LogP contribution is 2.30. The lowest BCUT2D eigenvalue weighted by atomic mass is 10.0. The van der Waals surface area contributed by atoms with Crippen molar-refractivity contribution in [1.29, 1.82) is 0 Å². The Hall–Kier alpha value is -0.330. The summed E-state index contributed by atoms with van der Waals surface area (Å²) in [6.07, 6.45) is 2.12. The predicted octanol–water partition coefficient (Wildman–Crippen LogP) is 2.49. The third kappa shape index (κ3) is 3.11. The highest BCUT2D eigenvalue weighted by molar-refractivity contribution is 9.10. The van der Waals surface area contributed by atoms with Crippen LogP contribution in [0.5, 0.6) is 0 Å². The Kier molecular flexibility index (Phi) is 3.40. The second-order valence-corrected chi connectivity index (χ2v) is 7.99. The van der Waals surface area contributed by atoms with Crippen molar-refractivity contribution < 1.29 is 8.42 Å². The maximum atomic E-state index is 11.5. The molecular weight excluding hydrogens is 328 g/mol. The van der Waals surface area contributed by atoms with Gasteiger partial charge in [0.25, 0.3) is 0 Å². The van der Waals surface area contributed by atoms with Crippen molar-refractivity contribution in [3.63, 3.8) is 0 Å². The van der Waals surface area contributed by atoms with Crippen molar-refractivity contribution in [1.82, 2.24) is 4.98 Å². The van der Waals surface area contributed by atoms with Crippen LogP contribution in [-0.2, 0) is 9.84 Å². The van der Waals surface area contributed by atoms with Gasteiger partial charge in [-0.15, -0.1) is 0 Å². The van der Waals surface area contributed by atoms with Crippen molar-refractivity contribution in [2.75, 3.05) is 16.8 Å². The van der Waals surface area contributed by atoms with Crippen molar-refractivity contribution in [2.45, 2.75) is 18.9 Å². The van der Waals surface area contributed by atoms with E-state index in [-0.39, 0.29) is 11.5 Å². The molecule has 0 spiro atoms. The second-order valence-electron chi connectivity index (χ2n) is 4.51. The molecule has 1 aromatic heterocycles. The number of pyridine rings is 1. The van der Waals surface area contributed by atoms with Crippen LogP contribution in [0.15, 0.2) is 16.7 Å².